The Morgan fingerprint density at radius 2 is 1.33 bits per heavy atom. The summed E-state index contributed by atoms with van der Waals surface area (Å²) in [6.45, 7) is 1.47. The van der Waals surface area contributed by atoms with E-state index in [4.69, 9.17) is 0 Å². The molecular formula is C23H20N2O2. The number of allylic oxidation sites excluding steroid dienone is 1. The fourth-order valence-electron chi connectivity index (χ4n) is 2.62. The van der Waals surface area contributed by atoms with Gasteiger partial charge in [0.15, 0.2) is 5.78 Å². The third kappa shape index (κ3) is 5.16. The molecule has 0 bridgehead atoms. The third-order valence-corrected chi connectivity index (χ3v) is 3.97. The molecule has 0 radical (unpaired) electrons. The van der Waals surface area contributed by atoms with Crippen LogP contribution in [0.5, 0.6) is 0 Å². The largest absolute Gasteiger partial charge is 0.362 e. The highest BCUT2D eigenvalue weighted by Gasteiger charge is 2.03. The molecule has 3 aromatic rings. The summed E-state index contributed by atoms with van der Waals surface area (Å²) in [5, 5.41) is 5.75. The van der Waals surface area contributed by atoms with Crippen molar-refractivity contribution < 1.29 is 9.59 Å². The van der Waals surface area contributed by atoms with Crippen molar-refractivity contribution in [3.8, 4) is 11.1 Å². The smallest absolute Gasteiger partial charge is 0.221 e. The van der Waals surface area contributed by atoms with E-state index in [1.807, 2.05) is 66.7 Å². The van der Waals surface area contributed by atoms with Crippen LogP contribution < -0.4 is 10.6 Å². The van der Waals surface area contributed by atoms with Crippen molar-refractivity contribution in [2.45, 2.75) is 6.92 Å². The van der Waals surface area contributed by atoms with Crippen molar-refractivity contribution in [1.82, 2.24) is 0 Å². The minimum Gasteiger partial charge on any atom is -0.362 e. The average Bonchev–Trinajstić information content (AvgIpc) is 2.69. The zero-order valence-electron chi connectivity index (χ0n) is 15.0. The molecule has 1 amide bonds. The lowest BCUT2D eigenvalue weighted by Gasteiger charge is -2.04. The topological polar surface area (TPSA) is 58.2 Å². The van der Waals surface area contributed by atoms with Crippen molar-refractivity contribution in [2.75, 3.05) is 10.6 Å². The molecule has 3 aromatic carbocycles. The van der Waals surface area contributed by atoms with Crippen molar-refractivity contribution >= 4 is 23.1 Å². The zero-order valence-corrected chi connectivity index (χ0v) is 15.0. The minimum atomic E-state index is -0.112. The van der Waals surface area contributed by atoms with Gasteiger partial charge in [-0.05, 0) is 35.4 Å². The maximum absolute atomic E-state index is 12.3. The Bertz CT molecular complexity index is 944. The Kier molecular flexibility index (Phi) is 5.80. The molecule has 27 heavy (non-hydrogen) atoms. The second kappa shape index (κ2) is 8.63. The highest BCUT2D eigenvalue weighted by molar-refractivity contribution is 6.04. The van der Waals surface area contributed by atoms with E-state index in [1.54, 1.807) is 18.3 Å². The fraction of sp³-hybridized carbons (Fsp3) is 0.0435. The lowest BCUT2D eigenvalue weighted by Crippen LogP contribution is -2.05. The summed E-state index contributed by atoms with van der Waals surface area (Å²) in [6.07, 6.45) is 3.11. The Labute approximate surface area is 158 Å². The van der Waals surface area contributed by atoms with Gasteiger partial charge < -0.3 is 10.6 Å². The number of ketones is 1. The summed E-state index contributed by atoms with van der Waals surface area (Å²) in [4.78, 5) is 23.3. The number of carbonyl (C=O) groups is 2. The summed E-state index contributed by atoms with van der Waals surface area (Å²) in [6, 6.07) is 24.8. The molecule has 0 atom stereocenters. The van der Waals surface area contributed by atoms with Crippen molar-refractivity contribution in [3.63, 3.8) is 0 Å². The standard InChI is InChI=1S/C23H20N2O2/c1-17(26)25-22-13-11-21(12-14-22)24-16-15-23(27)20-9-7-19(8-10-20)18-5-3-2-4-6-18/h2-16,24H,1H3,(H,25,26). The zero-order chi connectivity index (χ0) is 19.1. The molecule has 4 heteroatoms. The molecule has 0 aliphatic rings. The van der Waals surface area contributed by atoms with Crippen LogP contribution in [0.2, 0.25) is 0 Å². The molecular weight excluding hydrogens is 336 g/mol. The fourth-order valence-corrected chi connectivity index (χ4v) is 2.62. The SMILES string of the molecule is CC(=O)Nc1ccc(NC=CC(=O)c2ccc(-c3ccccc3)cc2)cc1. The number of nitrogens with one attached hydrogen (secondary N) is 2. The summed E-state index contributed by atoms with van der Waals surface area (Å²) in [5.74, 6) is -0.184. The molecule has 4 nitrogen and oxygen atoms in total. The van der Waals surface area contributed by atoms with Gasteiger partial charge in [0.25, 0.3) is 0 Å². The van der Waals surface area contributed by atoms with Crippen LogP contribution in [-0.2, 0) is 4.79 Å². The molecule has 0 unspecified atom stereocenters. The average molecular weight is 356 g/mol. The van der Waals surface area contributed by atoms with E-state index in [9.17, 15) is 9.59 Å². The van der Waals surface area contributed by atoms with E-state index in [0.29, 0.717) is 5.56 Å². The van der Waals surface area contributed by atoms with Crippen LogP contribution in [0, 0.1) is 0 Å². The molecule has 134 valence electrons. The van der Waals surface area contributed by atoms with E-state index in [2.05, 4.69) is 10.6 Å². The number of carbonyl (C=O) groups excluding carboxylic acids is 2. The van der Waals surface area contributed by atoms with Crippen molar-refractivity contribution in [3.05, 3.63) is 96.7 Å². The van der Waals surface area contributed by atoms with Crippen LogP contribution in [0.1, 0.15) is 17.3 Å². The van der Waals surface area contributed by atoms with Gasteiger partial charge in [-0.3, -0.25) is 9.59 Å². The highest BCUT2D eigenvalue weighted by atomic mass is 16.1. The Hall–Kier alpha value is -3.66. The molecule has 0 aliphatic carbocycles. The molecule has 0 saturated carbocycles. The second-order valence-electron chi connectivity index (χ2n) is 6.04. The van der Waals surface area contributed by atoms with Gasteiger partial charge in [-0.1, -0.05) is 54.6 Å². The predicted molar refractivity (Wildman–Crippen MR) is 110 cm³/mol. The van der Waals surface area contributed by atoms with E-state index < -0.39 is 0 Å². The normalized spacial score (nSPS) is 10.6. The first kappa shape index (κ1) is 18.1. The molecule has 0 aromatic heterocycles. The van der Waals surface area contributed by atoms with E-state index in [0.717, 1.165) is 22.5 Å². The van der Waals surface area contributed by atoms with Gasteiger partial charge in [0.2, 0.25) is 5.91 Å². The molecule has 0 saturated heterocycles. The first-order valence-corrected chi connectivity index (χ1v) is 8.62. The van der Waals surface area contributed by atoms with Gasteiger partial charge in [-0.15, -0.1) is 0 Å². The lowest BCUT2D eigenvalue weighted by atomic mass is 10.0. The van der Waals surface area contributed by atoms with Crippen LogP contribution in [0.15, 0.2) is 91.1 Å². The van der Waals surface area contributed by atoms with Crippen LogP contribution in [0.3, 0.4) is 0 Å². The number of amides is 1. The maximum Gasteiger partial charge on any atom is 0.221 e. The Balaban J connectivity index is 1.59. The molecule has 0 aliphatic heterocycles. The molecule has 2 N–H and O–H groups in total. The summed E-state index contributed by atoms with van der Waals surface area (Å²) in [5.41, 5.74) is 4.39. The van der Waals surface area contributed by atoms with Crippen LogP contribution in [-0.4, -0.2) is 11.7 Å². The van der Waals surface area contributed by atoms with Gasteiger partial charge in [-0.2, -0.15) is 0 Å². The first-order valence-electron chi connectivity index (χ1n) is 8.62. The summed E-state index contributed by atoms with van der Waals surface area (Å²) < 4.78 is 0. The minimum absolute atomic E-state index is 0.0722. The number of benzene rings is 3. The molecule has 0 spiro atoms. The van der Waals surface area contributed by atoms with E-state index >= 15 is 0 Å². The van der Waals surface area contributed by atoms with Crippen LogP contribution >= 0.6 is 0 Å². The third-order valence-electron chi connectivity index (χ3n) is 3.97. The van der Waals surface area contributed by atoms with Crippen molar-refractivity contribution in [1.29, 1.82) is 0 Å². The van der Waals surface area contributed by atoms with Crippen molar-refractivity contribution in [2.24, 2.45) is 0 Å². The first-order chi connectivity index (χ1) is 13.1. The van der Waals surface area contributed by atoms with Gasteiger partial charge in [0.1, 0.15) is 0 Å². The van der Waals surface area contributed by atoms with E-state index in [-0.39, 0.29) is 11.7 Å². The van der Waals surface area contributed by atoms with Gasteiger partial charge >= 0.3 is 0 Å². The van der Waals surface area contributed by atoms with Gasteiger partial charge in [0, 0.05) is 36.1 Å². The number of hydrogen-bond acceptors (Lipinski definition) is 3. The Morgan fingerprint density at radius 3 is 1.96 bits per heavy atom. The number of rotatable bonds is 6. The van der Waals surface area contributed by atoms with Gasteiger partial charge in [-0.25, -0.2) is 0 Å². The van der Waals surface area contributed by atoms with Crippen LogP contribution in [0.4, 0.5) is 11.4 Å². The lowest BCUT2D eigenvalue weighted by molar-refractivity contribution is -0.114. The second-order valence-corrected chi connectivity index (χ2v) is 6.04. The molecule has 0 heterocycles. The quantitative estimate of drug-likeness (QED) is 0.476. The van der Waals surface area contributed by atoms with Gasteiger partial charge in [0.05, 0.1) is 0 Å². The predicted octanol–water partition coefficient (Wildman–Crippen LogP) is 5.12. The number of anilines is 2. The number of hydrogen-bond donors (Lipinski definition) is 2. The molecule has 0 fully saturated rings. The van der Waals surface area contributed by atoms with E-state index in [1.165, 1.54) is 13.0 Å². The summed E-state index contributed by atoms with van der Waals surface area (Å²) >= 11 is 0. The maximum atomic E-state index is 12.3. The Morgan fingerprint density at radius 1 is 0.741 bits per heavy atom. The van der Waals surface area contributed by atoms with Crippen LogP contribution in [0.25, 0.3) is 11.1 Å². The monoisotopic (exact) mass is 356 g/mol. The highest BCUT2D eigenvalue weighted by Crippen LogP contribution is 2.19. The molecule has 3 rings (SSSR count). The summed E-state index contributed by atoms with van der Waals surface area (Å²) in [7, 11) is 0.